The van der Waals surface area contributed by atoms with Gasteiger partial charge in [0.05, 0.1) is 10.7 Å². The van der Waals surface area contributed by atoms with E-state index in [9.17, 15) is 4.79 Å². The molecule has 3 heterocycles. The molecule has 0 spiro atoms. The number of nitrogens with zero attached hydrogens (tertiary/aromatic N) is 2. The zero-order chi connectivity index (χ0) is 14.1. The number of halogens is 2. The summed E-state index contributed by atoms with van der Waals surface area (Å²) in [6, 6.07) is 2.17. The topological polar surface area (TPSA) is 61.0 Å². The highest BCUT2D eigenvalue weighted by Gasteiger charge is 2.25. The minimum atomic E-state index is 0. The molecule has 0 bridgehead atoms. The van der Waals surface area contributed by atoms with Gasteiger partial charge in [0, 0.05) is 36.8 Å². The summed E-state index contributed by atoms with van der Waals surface area (Å²) in [5.74, 6) is 0.0388. The molecular weight excluding hydrogens is 343 g/mol. The van der Waals surface area contributed by atoms with Crippen molar-refractivity contribution in [2.75, 3.05) is 20.1 Å². The number of hydrogen-bond donors (Lipinski definition) is 2. The third-order valence-corrected chi connectivity index (χ3v) is 4.50. The van der Waals surface area contributed by atoms with E-state index >= 15 is 0 Å². The zero-order valence-electron chi connectivity index (χ0n) is 12.5. The first kappa shape index (κ1) is 19.0. The highest BCUT2D eigenvalue weighted by molar-refractivity contribution is 7.09. The molecule has 0 radical (unpaired) electrons. The van der Waals surface area contributed by atoms with Crippen molar-refractivity contribution in [3.8, 4) is 11.3 Å². The molecular formula is C14H20Cl2N4OS. The van der Waals surface area contributed by atoms with Gasteiger partial charge in [-0.25, -0.2) is 4.98 Å². The Balaban J connectivity index is 0.00000121. The van der Waals surface area contributed by atoms with Gasteiger partial charge in [-0.15, -0.1) is 36.2 Å². The molecule has 1 fully saturated rings. The summed E-state index contributed by atoms with van der Waals surface area (Å²) >= 11 is 1.61. The standard InChI is InChI=1S/C14H18N4OS.2ClH/c1-9-17-13(8-20-9)10-5-12(16-6-10)14(19)18(2)11-3-4-15-7-11;;/h5-6,8,11,15-16H,3-4,7H2,1-2H3;2*1H. The summed E-state index contributed by atoms with van der Waals surface area (Å²) in [6.07, 6.45) is 2.86. The largest absolute Gasteiger partial charge is 0.357 e. The average molecular weight is 363 g/mol. The maximum absolute atomic E-state index is 12.4. The summed E-state index contributed by atoms with van der Waals surface area (Å²) in [4.78, 5) is 21.8. The normalized spacial score (nSPS) is 16.7. The van der Waals surface area contributed by atoms with E-state index in [0.717, 1.165) is 35.8 Å². The SMILES string of the molecule is Cc1nc(-c2c[nH]c(C(=O)N(C)C3CCNC3)c2)cs1.Cl.Cl. The Bertz CT molecular complexity index is 622. The van der Waals surface area contributed by atoms with Crippen LogP contribution < -0.4 is 5.32 Å². The van der Waals surface area contributed by atoms with Gasteiger partial charge in [-0.1, -0.05) is 0 Å². The lowest BCUT2D eigenvalue weighted by molar-refractivity contribution is 0.0738. The Morgan fingerprint density at radius 3 is 2.82 bits per heavy atom. The molecule has 0 saturated carbocycles. The van der Waals surface area contributed by atoms with E-state index in [-0.39, 0.29) is 36.8 Å². The molecule has 1 saturated heterocycles. The van der Waals surface area contributed by atoms with Crippen LogP contribution in [0.15, 0.2) is 17.6 Å². The molecule has 0 aliphatic carbocycles. The molecule has 1 unspecified atom stereocenters. The van der Waals surface area contributed by atoms with E-state index in [1.807, 2.05) is 36.5 Å². The van der Waals surface area contributed by atoms with Gasteiger partial charge in [-0.2, -0.15) is 0 Å². The van der Waals surface area contributed by atoms with E-state index in [2.05, 4.69) is 15.3 Å². The molecule has 1 amide bonds. The predicted molar refractivity (Wildman–Crippen MR) is 94.5 cm³/mol. The summed E-state index contributed by atoms with van der Waals surface area (Å²) < 4.78 is 0. The van der Waals surface area contributed by atoms with Gasteiger partial charge in [-0.3, -0.25) is 4.79 Å². The first-order valence-corrected chi connectivity index (χ1v) is 7.62. The third-order valence-electron chi connectivity index (χ3n) is 3.73. The first-order chi connectivity index (χ1) is 9.65. The van der Waals surface area contributed by atoms with Crippen molar-refractivity contribution in [1.82, 2.24) is 20.2 Å². The maximum Gasteiger partial charge on any atom is 0.270 e. The van der Waals surface area contributed by atoms with Gasteiger partial charge < -0.3 is 15.2 Å². The average Bonchev–Trinajstić information content (AvgIpc) is 3.17. The molecule has 1 aliphatic heterocycles. The molecule has 122 valence electrons. The van der Waals surface area contributed by atoms with Crippen LogP contribution in [-0.4, -0.2) is 47.0 Å². The van der Waals surface area contributed by atoms with E-state index in [4.69, 9.17) is 0 Å². The van der Waals surface area contributed by atoms with Crippen LogP contribution in [0.1, 0.15) is 21.9 Å². The summed E-state index contributed by atoms with van der Waals surface area (Å²) in [6.45, 7) is 3.84. The Hall–Kier alpha value is -1.08. The molecule has 22 heavy (non-hydrogen) atoms. The molecule has 1 aliphatic rings. The number of thiazole rings is 1. The minimum absolute atomic E-state index is 0. The van der Waals surface area contributed by atoms with Crippen LogP contribution in [-0.2, 0) is 0 Å². The van der Waals surface area contributed by atoms with Crippen molar-refractivity contribution in [1.29, 1.82) is 0 Å². The van der Waals surface area contributed by atoms with Crippen molar-refractivity contribution >= 4 is 42.1 Å². The second-order valence-electron chi connectivity index (χ2n) is 5.12. The first-order valence-electron chi connectivity index (χ1n) is 6.74. The van der Waals surface area contributed by atoms with Gasteiger partial charge in [0.25, 0.3) is 5.91 Å². The van der Waals surface area contributed by atoms with E-state index < -0.39 is 0 Å². The van der Waals surface area contributed by atoms with E-state index in [1.54, 1.807) is 11.3 Å². The monoisotopic (exact) mass is 362 g/mol. The van der Waals surface area contributed by atoms with Gasteiger partial charge >= 0.3 is 0 Å². The fourth-order valence-electron chi connectivity index (χ4n) is 2.49. The molecule has 8 heteroatoms. The minimum Gasteiger partial charge on any atom is -0.357 e. The second-order valence-corrected chi connectivity index (χ2v) is 6.18. The Labute approximate surface area is 146 Å². The fraction of sp³-hybridized carbons (Fsp3) is 0.429. The number of aryl methyl sites for hydroxylation is 1. The second kappa shape index (κ2) is 7.97. The zero-order valence-corrected chi connectivity index (χ0v) is 14.9. The van der Waals surface area contributed by atoms with Crippen molar-refractivity contribution < 1.29 is 4.79 Å². The quantitative estimate of drug-likeness (QED) is 0.882. The summed E-state index contributed by atoms with van der Waals surface area (Å²) in [5.41, 5.74) is 2.52. The summed E-state index contributed by atoms with van der Waals surface area (Å²) in [5, 5.41) is 6.32. The predicted octanol–water partition coefficient (Wildman–Crippen LogP) is 2.72. The number of rotatable bonds is 3. The number of carbonyl (C=O) groups excluding carboxylic acids is 1. The molecule has 2 N–H and O–H groups in total. The fourth-order valence-corrected chi connectivity index (χ4v) is 3.11. The number of aromatic amines is 1. The molecule has 2 aromatic rings. The Morgan fingerprint density at radius 1 is 1.45 bits per heavy atom. The van der Waals surface area contributed by atoms with Crippen molar-refractivity contribution in [2.45, 2.75) is 19.4 Å². The summed E-state index contributed by atoms with van der Waals surface area (Å²) in [7, 11) is 1.87. The van der Waals surface area contributed by atoms with Crippen LogP contribution in [0, 0.1) is 6.92 Å². The van der Waals surface area contributed by atoms with Crippen LogP contribution in [0.3, 0.4) is 0 Å². The number of amides is 1. The molecule has 2 aromatic heterocycles. The van der Waals surface area contributed by atoms with Gasteiger partial charge in [0.1, 0.15) is 5.69 Å². The highest BCUT2D eigenvalue weighted by Crippen LogP contribution is 2.23. The van der Waals surface area contributed by atoms with Crippen LogP contribution >= 0.6 is 36.2 Å². The third kappa shape index (κ3) is 3.81. The Kier molecular flexibility index (Phi) is 6.87. The number of hydrogen-bond acceptors (Lipinski definition) is 4. The van der Waals surface area contributed by atoms with Crippen molar-refractivity contribution in [2.24, 2.45) is 0 Å². The van der Waals surface area contributed by atoms with E-state index in [1.165, 1.54) is 0 Å². The number of carbonyl (C=O) groups is 1. The van der Waals surface area contributed by atoms with Crippen LogP contribution in [0.25, 0.3) is 11.3 Å². The lowest BCUT2D eigenvalue weighted by atomic mass is 10.2. The van der Waals surface area contributed by atoms with Crippen LogP contribution in [0.4, 0.5) is 0 Å². The van der Waals surface area contributed by atoms with Crippen molar-refractivity contribution in [3.63, 3.8) is 0 Å². The van der Waals surface area contributed by atoms with Crippen LogP contribution in [0.2, 0.25) is 0 Å². The number of aromatic nitrogens is 2. The smallest absolute Gasteiger partial charge is 0.270 e. The van der Waals surface area contributed by atoms with Crippen molar-refractivity contribution in [3.05, 3.63) is 28.3 Å². The molecule has 3 rings (SSSR count). The van der Waals surface area contributed by atoms with Gasteiger partial charge in [0.2, 0.25) is 0 Å². The van der Waals surface area contributed by atoms with Crippen LogP contribution in [0.5, 0.6) is 0 Å². The molecule has 0 aromatic carbocycles. The van der Waals surface area contributed by atoms with Gasteiger partial charge in [-0.05, 0) is 26.0 Å². The Morgan fingerprint density at radius 2 is 2.23 bits per heavy atom. The lowest BCUT2D eigenvalue weighted by Gasteiger charge is -2.23. The number of H-pyrrole nitrogens is 1. The molecule has 5 nitrogen and oxygen atoms in total. The lowest BCUT2D eigenvalue weighted by Crippen LogP contribution is -2.38. The van der Waals surface area contributed by atoms with Gasteiger partial charge in [0.15, 0.2) is 0 Å². The van der Waals surface area contributed by atoms with E-state index in [0.29, 0.717) is 5.69 Å². The molecule has 1 atom stereocenters. The maximum atomic E-state index is 12.4. The highest BCUT2D eigenvalue weighted by atomic mass is 35.5. The number of likely N-dealkylation sites (N-methyl/N-ethyl adjacent to an activating group) is 1. The number of nitrogens with one attached hydrogen (secondary N) is 2.